The molecule has 0 aliphatic carbocycles. The molecule has 84 valence electrons. The predicted molar refractivity (Wildman–Crippen MR) is 62.0 cm³/mol. The summed E-state index contributed by atoms with van der Waals surface area (Å²) < 4.78 is 5.34. The molecule has 1 N–H and O–H groups in total. The van der Waals surface area contributed by atoms with Crippen LogP contribution < -0.4 is 10.1 Å². The maximum Gasteiger partial charge on any atom is 0.213 e. The topological polar surface area (TPSA) is 34.1 Å². The molecule has 0 saturated heterocycles. The molecular formula is C12H20N2O. The van der Waals surface area contributed by atoms with Crippen LogP contribution in [0.3, 0.4) is 0 Å². The highest BCUT2D eigenvalue weighted by molar-refractivity contribution is 5.20. The van der Waals surface area contributed by atoms with Crippen LogP contribution in [-0.4, -0.2) is 17.6 Å². The number of pyridine rings is 1. The zero-order chi connectivity index (χ0) is 11.1. The largest absolute Gasteiger partial charge is 0.478 e. The third-order valence-corrected chi connectivity index (χ3v) is 2.36. The minimum atomic E-state index is 0.550. The molecule has 0 spiro atoms. The van der Waals surface area contributed by atoms with Gasteiger partial charge in [0, 0.05) is 24.8 Å². The average Bonchev–Trinajstić information content (AvgIpc) is 2.27. The highest BCUT2D eigenvalue weighted by Crippen LogP contribution is 2.09. The van der Waals surface area contributed by atoms with E-state index < -0.39 is 0 Å². The number of rotatable bonds is 6. The maximum absolute atomic E-state index is 5.34. The normalized spacial score (nSPS) is 12.5. The fourth-order valence-corrected chi connectivity index (χ4v) is 1.22. The van der Waals surface area contributed by atoms with E-state index in [1.165, 1.54) is 5.56 Å². The molecule has 3 heteroatoms. The third-order valence-electron chi connectivity index (χ3n) is 2.36. The maximum atomic E-state index is 5.34. The Morgan fingerprint density at radius 3 is 2.93 bits per heavy atom. The van der Waals surface area contributed by atoms with Gasteiger partial charge in [0.1, 0.15) is 0 Å². The first-order chi connectivity index (χ1) is 7.26. The minimum absolute atomic E-state index is 0.550. The molecule has 0 fully saturated rings. The molecule has 0 amide bonds. The van der Waals surface area contributed by atoms with Gasteiger partial charge in [0.05, 0.1) is 6.61 Å². The van der Waals surface area contributed by atoms with Crippen LogP contribution >= 0.6 is 0 Å². The summed E-state index contributed by atoms with van der Waals surface area (Å²) in [5, 5.41) is 3.43. The molecule has 0 aliphatic heterocycles. The van der Waals surface area contributed by atoms with Crippen molar-refractivity contribution in [2.45, 2.75) is 39.8 Å². The Morgan fingerprint density at radius 1 is 1.47 bits per heavy atom. The number of nitrogens with one attached hydrogen (secondary N) is 1. The van der Waals surface area contributed by atoms with E-state index in [0.29, 0.717) is 18.5 Å². The van der Waals surface area contributed by atoms with Crippen LogP contribution in [0.2, 0.25) is 0 Å². The molecule has 0 aliphatic rings. The van der Waals surface area contributed by atoms with Gasteiger partial charge >= 0.3 is 0 Å². The van der Waals surface area contributed by atoms with Crippen LogP contribution in [0.4, 0.5) is 0 Å². The lowest BCUT2D eigenvalue weighted by molar-refractivity contribution is 0.326. The molecule has 0 saturated carbocycles. The van der Waals surface area contributed by atoms with Crippen LogP contribution in [0, 0.1) is 0 Å². The summed E-state index contributed by atoms with van der Waals surface area (Å²) in [7, 11) is 0. The van der Waals surface area contributed by atoms with Gasteiger partial charge in [0.25, 0.3) is 0 Å². The van der Waals surface area contributed by atoms with Gasteiger partial charge in [-0.15, -0.1) is 0 Å². The van der Waals surface area contributed by atoms with Crippen molar-refractivity contribution < 1.29 is 4.74 Å². The summed E-state index contributed by atoms with van der Waals surface area (Å²) in [5.74, 6) is 0.709. The van der Waals surface area contributed by atoms with Gasteiger partial charge in [-0.2, -0.15) is 0 Å². The summed E-state index contributed by atoms with van der Waals surface area (Å²) in [6.07, 6.45) is 2.93. The highest BCUT2D eigenvalue weighted by Gasteiger charge is 2.00. The second-order valence-electron chi connectivity index (χ2n) is 3.63. The summed E-state index contributed by atoms with van der Waals surface area (Å²) in [5.41, 5.74) is 1.22. The molecule has 15 heavy (non-hydrogen) atoms. The fraction of sp³-hybridized carbons (Fsp3) is 0.583. The monoisotopic (exact) mass is 208 g/mol. The predicted octanol–water partition coefficient (Wildman–Crippen LogP) is 2.37. The Labute approximate surface area is 91.9 Å². The minimum Gasteiger partial charge on any atom is -0.478 e. The molecule has 1 unspecified atom stereocenters. The van der Waals surface area contributed by atoms with E-state index in [9.17, 15) is 0 Å². The van der Waals surface area contributed by atoms with E-state index >= 15 is 0 Å². The highest BCUT2D eigenvalue weighted by atomic mass is 16.5. The first kappa shape index (κ1) is 12.0. The zero-order valence-electron chi connectivity index (χ0n) is 9.79. The molecule has 1 aromatic heterocycles. The Bertz CT molecular complexity index is 289. The quantitative estimate of drug-likeness (QED) is 0.779. The van der Waals surface area contributed by atoms with Crippen LogP contribution in [0.5, 0.6) is 5.88 Å². The summed E-state index contributed by atoms with van der Waals surface area (Å²) in [6.45, 7) is 7.86. The lowest BCUT2D eigenvalue weighted by atomic mass is 10.2. The molecule has 1 heterocycles. The van der Waals surface area contributed by atoms with Gasteiger partial charge in [0.15, 0.2) is 0 Å². The van der Waals surface area contributed by atoms with E-state index in [-0.39, 0.29) is 0 Å². The zero-order valence-corrected chi connectivity index (χ0v) is 9.79. The molecule has 0 bridgehead atoms. The second kappa shape index (κ2) is 6.40. The van der Waals surface area contributed by atoms with Crippen LogP contribution in [-0.2, 0) is 6.54 Å². The molecular weight excluding hydrogens is 188 g/mol. The van der Waals surface area contributed by atoms with Gasteiger partial charge in [-0.1, -0.05) is 6.92 Å². The molecule has 1 rings (SSSR count). The van der Waals surface area contributed by atoms with Crippen LogP contribution in [0.1, 0.15) is 32.8 Å². The van der Waals surface area contributed by atoms with E-state index in [2.05, 4.69) is 24.1 Å². The van der Waals surface area contributed by atoms with E-state index in [4.69, 9.17) is 4.74 Å². The second-order valence-corrected chi connectivity index (χ2v) is 3.63. The van der Waals surface area contributed by atoms with Crippen molar-refractivity contribution in [1.29, 1.82) is 0 Å². The smallest absolute Gasteiger partial charge is 0.213 e. The third kappa shape index (κ3) is 4.30. The lowest BCUT2D eigenvalue weighted by Crippen LogP contribution is -2.24. The van der Waals surface area contributed by atoms with Gasteiger partial charge < -0.3 is 10.1 Å². The fourth-order valence-electron chi connectivity index (χ4n) is 1.22. The van der Waals surface area contributed by atoms with Crippen molar-refractivity contribution in [3.8, 4) is 5.88 Å². The van der Waals surface area contributed by atoms with Crippen molar-refractivity contribution in [2.75, 3.05) is 6.61 Å². The Morgan fingerprint density at radius 2 is 2.27 bits per heavy atom. The van der Waals surface area contributed by atoms with Crippen molar-refractivity contribution in [3.05, 3.63) is 23.9 Å². The van der Waals surface area contributed by atoms with Gasteiger partial charge in [-0.05, 0) is 31.9 Å². The van der Waals surface area contributed by atoms with Crippen molar-refractivity contribution in [2.24, 2.45) is 0 Å². The first-order valence-electron chi connectivity index (χ1n) is 5.57. The van der Waals surface area contributed by atoms with Gasteiger partial charge in [0.2, 0.25) is 5.88 Å². The molecule has 3 nitrogen and oxygen atoms in total. The number of aromatic nitrogens is 1. The van der Waals surface area contributed by atoms with Crippen LogP contribution in [0.25, 0.3) is 0 Å². The van der Waals surface area contributed by atoms with Gasteiger partial charge in [-0.3, -0.25) is 0 Å². The van der Waals surface area contributed by atoms with Crippen LogP contribution in [0.15, 0.2) is 18.3 Å². The van der Waals surface area contributed by atoms with E-state index in [1.807, 2.05) is 19.1 Å². The van der Waals surface area contributed by atoms with Crippen molar-refractivity contribution in [1.82, 2.24) is 10.3 Å². The van der Waals surface area contributed by atoms with E-state index in [0.717, 1.165) is 13.0 Å². The van der Waals surface area contributed by atoms with Crippen molar-refractivity contribution >= 4 is 0 Å². The summed E-state index contributed by atoms with van der Waals surface area (Å²) in [6, 6.07) is 4.55. The molecule has 1 aromatic rings. The SMILES string of the molecule is CCOc1cc(CNC(C)CC)ccn1. The standard InChI is InChI=1S/C12H20N2O/c1-4-10(3)14-9-11-6-7-13-12(8-11)15-5-2/h6-8,10,14H,4-5,9H2,1-3H3. The Balaban J connectivity index is 2.50. The molecule has 0 radical (unpaired) electrons. The summed E-state index contributed by atoms with van der Waals surface area (Å²) >= 11 is 0. The number of hydrogen-bond donors (Lipinski definition) is 1. The summed E-state index contributed by atoms with van der Waals surface area (Å²) in [4.78, 5) is 4.13. The number of nitrogens with zero attached hydrogens (tertiary/aromatic N) is 1. The molecule has 0 aromatic carbocycles. The number of ether oxygens (including phenoxy) is 1. The Hall–Kier alpha value is -1.09. The Kier molecular flexibility index (Phi) is 5.12. The number of hydrogen-bond acceptors (Lipinski definition) is 3. The van der Waals surface area contributed by atoms with Gasteiger partial charge in [-0.25, -0.2) is 4.98 Å². The molecule has 1 atom stereocenters. The lowest BCUT2D eigenvalue weighted by Gasteiger charge is -2.11. The van der Waals surface area contributed by atoms with Crippen molar-refractivity contribution in [3.63, 3.8) is 0 Å². The van der Waals surface area contributed by atoms with E-state index in [1.54, 1.807) is 6.20 Å². The average molecular weight is 208 g/mol. The first-order valence-corrected chi connectivity index (χ1v) is 5.57.